The van der Waals surface area contributed by atoms with Crippen LogP contribution < -0.4 is 5.73 Å². The maximum Gasteiger partial charge on any atom is 0.0551 e. The predicted molar refractivity (Wildman–Crippen MR) is 64.2 cm³/mol. The average Bonchev–Trinajstić information content (AvgIpc) is 2.71. The first-order chi connectivity index (χ1) is 7.08. The van der Waals surface area contributed by atoms with Crippen LogP contribution in [-0.2, 0) is 4.74 Å². The molecule has 84 valence electrons. The normalized spacial score (nSPS) is 28.3. The molecule has 3 unspecified atom stereocenters. The van der Waals surface area contributed by atoms with Crippen molar-refractivity contribution in [1.29, 1.82) is 0 Å². The summed E-state index contributed by atoms with van der Waals surface area (Å²) in [7, 11) is 0. The first kappa shape index (κ1) is 11.1. The molecule has 0 amide bonds. The summed E-state index contributed by atoms with van der Waals surface area (Å²) in [4.78, 5) is 2.69. The minimum atomic E-state index is 0.161. The van der Waals surface area contributed by atoms with E-state index in [1.807, 2.05) is 11.3 Å². The lowest BCUT2D eigenvalue weighted by Crippen LogP contribution is -2.21. The molecule has 2 heterocycles. The quantitative estimate of drug-likeness (QED) is 0.840. The van der Waals surface area contributed by atoms with Crippen molar-refractivity contribution in [3.8, 4) is 0 Å². The Labute approximate surface area is 95.4 Å². The molecule has 3 atom stereocenters. The van der Waals surface area contributed by atoms with E-state index in [0.29, 0.717) is 12.0 Å². The van der Waals surface area contributed by atoms with E-state index in [0.717, 1.165) is 13.0 Å². The van der Waals surface area contributed by atoms with Gasteiger partial charge in [0.2, 0.25) is 0 Å². The molecule has 0 spiro atoms. The van der Waals surface area contributed by atoms with Crippen LogP contribution >= 0.6 is 11.3 Å². The molecule has 3 heteroatoms. The molecule has 0 aromatic carbocycles. The molecule has 1 aromatic heterocycles. The van der Waals surface area contributed by atoms with Crippen LogP contribution in [-0.4, -0.2) is 12.7 Å². The van der Waals surface area contributed by atoms with Gasteiger partial charge in [-0.15, -0.1) is 11.3 Å². The molecule has 1 saturated heterocycles. The molecule has 0 saturated carbocycles. The van der Waals surface area contributed by atoms with E-state index in [1.165, 1.54) is 15.3 Å². The molecule has 1 aliphatic rings. The highest BCUT2D eigenvalue weighted by Crippen LogP contribution is 2.35. The molecule has 0 radical (unpaired) electrons. The van der Waals surface area contributed by atoms with Crippen molar-refractivity contribution in [2.45, 2.75) is 39.3 Å². The zero-order valence-corrected chi connectivity index (χ0v) is 10.4. The average molecular weight is 225 g/mol. The second-order valence-corrected chi connectivity index (χ2v) is 5.86. The van der Waals surface area contributed by atoms with Crippen molar-refractivity contribution in [2.75, 3.05) is 6.61 Å². The number of hydrogen-bond donors (Lipinski definition) is 1. The Bertz CT molecular complexity index is 347. The van der Waals surface area contributed by atoms with Gasteiger partial charge in [0.05, 0.1) is 12.7 Å². The minimum Gasteiger partial charge on any atom is -0.378 e. The lowest BCUT2D eigenvalue weighted by atomic mass is 9.95. The predicted octanol–water partition coefficient (Wildman–Crippen LogP) is 2.79. The van der Waals surface area contributed by atoms with Crippen LogP contribution in [0.1, 0.15) is 34.7 Å². The van der Waals surface area contributed by atoms with E-state index >= 15 is 0 Å². The Morgan fingerprint density at radius 3 is 2.73 bits per heavy atom. The van der Waals surface area contributed by atoms with Gasteiger partial charge >= 0.3 is 0 Å². The van der Waals surface area contributed by atoms with E-state index in [1.54, 1.807) is 0 Å². The summed E-state index contributed by atoms with van der Waals surface area (Å²) in [5.74, 6) is 0.497. The van der Waals surface area contributed by atoms with Crippen LogP contribution in [0.25, 0.3) is 0 Å². The summed E-state index contributed by atoms with van der Waals surface area (Å²) in [5.41, 5.74) is 7.64. The van der Waals surface area contributed by atoms with Gasteiger partial charge in [-0.25, -0.2) is 0 Å². The Morgan fingerprint density at radius 2 is 2.27 bits per heavy atom. The fourth-order valence-electron chi connectivity index (χ4n) is 2.30. The van der Waals surface area contributed by atoms with Crippen molar-refractivity contribution in [2.24, 2.45) is 11.7 Å². The van der Waals surface area contributed by atoms with E-state index < -0.39 is 0 Å². The van der Waals surface area contributed by atoms with Gasteiger partial charge in [0.1, 0.15) is 0 Å². The highest BCUT2D eigenvalue weighted by atomic mass is 32.1. The first-order valence-electron chi connectivity index (χ1n) is 5.52. The third-order valence-corrected chi connectivity index (χ3v) is 4.37. The number of hydrogen-bond acceptors (Lipinski definition) is 3. The maximum absolute atomic E-state index is 6.31. The lowest BCUT2D eigenvalue weighted by Gasteiger charge is -2.17. The van der Waals surface area contributed by atoms with E-state index in [-0.39, 0.29) is 6.04 Å². The Kier molecular flexibility index (Phi) is 3.14. The Morgan fingerprint density at radius 1 is 1.53 bits per heavy atom. The number of nitrogens with two attached hydrogens (primary N) is 1. The zero-order valence-electron chi connectivity index (χ0n) is 9.62. The van der Waals surface area contributed by atoms with Gasteiger partial charge in [0.15, 0.2) is 0 Å². The number of thiophene rings is 1. The molecular formula is C12H19NOS. The van der Waals surface area contributed by atoms with E-state index in [2.05, 4.69) is 26.8 Å². The van der Waals surface area contributed by atoms with Crippen LogP contribution in [0.15, 0.2) is 6.07 Å². The topological polar surface area (TPSA) is 35.2 Å². The van der Waals surface area contributed by atoms with Crippen LogP contribution in [0.5, 0.6) is 0 Å². The summed E-state index contributed by atoms with van der Waals surface area (Å²) in [6.45, 7) is 7.23. The standard InChI is InChI=1S/C12H19NOS/c1-7-4-9(3)15-12(7)11(13)10-5-8(2)14-6-10/h4,8,10-11H,5-6,13H2,1-3H3. The van der Waals surface area contributed by atoms with Crippen molar-refractivity contribution in [3.05, 3.63) is 21.4 Å². The highest BCUT2D eigenvalue weighted by Gasteiger charge is 2.29. The first-order valence-corrected chi connectivity index (χ1v) is 6.33. The summed E-state index contributed by atoms with van der Waals surface area (Å²) in [5, 5.41) is 0. The van der Waals surface area contributed by atoms with Gasteiger partial charge in [-0.05, 0) is 38.8 Å². The molecule has 15 heavy (non-hydrogen) atoms. The van der Waals surface area contributed by atoms with E-state index in [9.17, 15) is 0 Å². The van der Waals surface area contributed by atoms with Crippen molar-refractivity contribution in [3.63, 3.8) is 0 Å². The SMILES string of the molecule is Cc1cc(C)c(C(N)C2COC(C)C2)s1. The van der Waals surface area contributed by atoms with Crippen LogP contribution in [0, 0.1) is 19.8 Å². The molecule has 1 aromatic rings. The molecule has 1 aliphatic heterocycles. The highest BCUT2D eigenvalue weighted by molar-refractivity contribution is 7.12. The largest absolute Gasteiger partial charge is 0.378 e. The summed E-state index contributed by atoms with van der Waals surface area (Å²) in [6.07, 6.45) is 1.47. The van der Waals surface area contributed by atoms with Crippen molar-refractivity contribution in [1.82, 2.24) is 0 Å². The van der Waals surface area contributed by atoms with Gasteiger partial charge in [-0.3, -0.25) is 0 Å². The second kappa shape index (κ2) is 4.24. The molecule has 2 nitrogen and oxygen atoms in total. The van der Waals surface area contributed by atoms with Crippen molar-refractivity contribution < 1.29 is 4.74 Å². The van der Waals surface area contributed by atoms with Gasteiger partial charge in [-0.1, -0.05) is 0 Å². The van der Waals surface area contributed by atoms with E-state index in [4.69, 9.17) is 10.5 Å². The molecule has 2 rings (SSSR count). The molecule has 0 bridgehead atoms. The molecule has 1 fully saturated rings. The number of ether oxygens (including phenoxy) is 1. The third-order valence-electron chi connectivity index (χ3n) is 3.12. The smallest absolute Gasteiger partial charge is 0.0551 e. The second-order valence-electron chi connectivity index (χ2n) is 4.57. The fourth-order valence-corrected chi connectivity index (χ4v) is 3.44. The van der Waals surface area contributed by atoms with Gasteiger partial charge in [0.25, 0.3) is 0 Å². The van der Waals surface area contributed by atoms with Crippen LogP contribution in [0.2, 0.25) is 0 Å². The minimum absolute atomic E-state index is 0.161. The van der Waals surface area contributed by atoms with Crippen LogP contribution in [0.4, 0.5) is 0 Å². The molecule has 2 N–H and O–H groups in total. The Balaban J connectivity index is 2.13. The lowest BCUT2D eigenvalue weighted by molar-refractivity contribution is 0.118. The fraction of sp³-hybridized carbons (Fsp3) is 0.667. The van der Waals surface area contributed by atoms with Gasteiger partial charge in [-0.2, -0.15) is 0 Å². The number of rotatable bonds is 2. The van der Waals surface area contributed by atoms with Gasteiger partial charge in [0, 0.05) is 21.7 Å². The monoisotopic (exact) mass is 225 g/mol. The summed E-state index contributed by atoms with van der Waals surface area (Å²) >= 11 is 1.83. The van der Waals surface area contributed by atoms with Gasteiger partial charge < -0.3 is 10.5 Å². The van der Waals surface area contributed by atoms with Crippen molar-refractivity contribution >= 4 is 11.3 Å². The molecular weight excluding hydrogens is 206 g/mol. The number of aryl methyl sites for hydroxylation is 2. The Hall–Kier alpha value is -0.380. The third kappa shape index (κ3) is 2.25. The maximum atomic E-state index is 6.31. The molecule has 0 aliphatic carbocycles. The summed E-state index contributed by atoms with van der Waals surface area (Å²) < 4.78 is 5.58. The van der Waals surface area contributed by atoms with Crippen LogP contribution in [0.3, 0.4) is 0 Å². The summed E-state index contributed by atoms with van der Waals surface area (Å²) in [6, 6.07) is 2.38. The zero-order chi connectivity index (χ0) is 11.0.